The van der Waals surface area contributed by atoms with Gasteiger partial charge in [-0.1, -0.05) is 13.3 Å². The predicted octanol–water partition coefficient (Wildman–Crippen LogP) is 2.18. The number of hydrogen-bond donors (Lipinski definition) is 1. The van der Waals surface area contributed by atoms with Crippen LogP contribution in [0.3, 0.4) is 0 Å². The van der Waals surface area contributed by atoms with E-state index in [9.17, 15) is 0 Å². The van der Waals surface area contributed by atoms with Crippen LogP contribution in [0.5, 0.6) is 0 Å². The second-order valence-corrected chi connectivity index (χ2v) is 2.48. The number of aliphatic hydroxyl groups is 1. The fraction of sp³-hybridized carbons (Fsp3) is 1.00. The number of aliphatic hydroxyl groups excluding tert-OH is 1. The predicted molar refractivity (Wildman–Crippen MR) is 54.7 cm³/mol. The van der Waals surface area contributed by atoms with Crippen molar-refractivity contribution in [3.63, 3.8) is 0 Å². The maximum Gasteiger partial charge on any atom is 0.154 e. The average Bonchev–Trinajstić information content (AvgIpc) is 2.08. The molecule has 0 fully saturated rings. The van der Waals surface area contributed by atoms with Crippen LogP contribution in [0, 0.1) is 0 Å². The van der Waals surface area contributed by atoms with Crippen LogP contribution in [-0.4, -0.2) is 31.2 Å². The Kier molecular flexibility index (Phi) is 17.0. The largest absolute Gasteiger partial charge is 0.382 e. The van der Waals surface area contributed by atoms with E-state index < -0.39 is 6.29 Å². The lowest BCUT2D eigenvalue weighted by Crippen LogP contribution is -2.10. The van der Waals surface area contributed by atoms with Crippen molar-refractivity contribution in [2.75, 3.05) is 19.8 Å². The molecule has 0 saturated heterocycles. The van der Waals surface area contributed by atoms with Gasteiger partial charge in [-0.05, 0) is 27.2 Å². The molecule has 0 aromatic carbocycles. The van der Waals surface area contributed by atoms with Crippen molar-refractivity contribution in [1.29, 1.82) is 0 Å². The molecule has 0 aliphatic heterocycles. The van der Waals surface area contributed by atoms with E-state index in [0.29, 0.717) is 6.61 Å². The van der Waals surface area contributed by atoms with Crippen LogP contribution >= 0.6 is 0 Å². The van der Waals surface area contributed by atoms with E-state index in [-0.39, 0.29) is 0 Å². The van der Waals surface area contributed by atoms with E-state index in [1.165, 1.54) is 0 Å². The van der Waals surface area contributed by atoms with Gasteiger partial charge in [-0.2, -0.15) is 0 Å². The van der Waals surface area contributed by atoms with Crippen molar-refractivity contribution in [1.82, 2.24) is 0 Å². The van der Waals surface area contributed by atoms with Crippen molar-refractivity contribution < 1.29 is 14.6 Å². The highest BCUT2D eigenvalue weighted by Gasteiger charge is 1.97. The lowest BCUT2D eigenvalue weighted by molar-refractivity contribution is -0.0985. The lowest BCUT2D eigenvalue weighted by Gasteiger charge is -2.06. The first-order chi connectivity index (χ1) is 6.22. The Hall–Kier alpha value is -0.120. The smallest absolute Gasteiger partial charge is 0.154 e. The summed E-state index contributed by atoms with van der Waals surface area (Å²) >= 11 is 0. The number of hydrogen-bond acceptors (Lipinski definition) is 3. The van der Waals surface area contributed by atoms with E-state index in [1.807, 2.05) is 27.7 Å². The molecule has 0 amide bonds. The summed E-state index contributed by atoms with van der Waals surface area (Å²) in [6, 6.07) is 0. The van der Waals surface area contributed by atoms with E-state index in [0.717, 1.165) is 26.1 Å². The molecule has 0 bridgehead atoms. The second-order valence-electron chi connectivity index (χ2n) is 2.48. The van der Waals surface area contributed by atoms with Gasteiger partial charge in [-0.3, -0.25) is 0 Å². The number of ether oxygens (including phenoxy) is 2. The fourth-order valence-electron chi connectivity index (χ4n) is 0.727. The molecule has 13 heavy (non-hydrogen) atoms. The first-order valence-corrected chi connectivity index (χ1v) is 5.10. The summed E-state index contributed by atoms with van der Waals surface area (Å²) in [7, 11) is 0. The van der Waals surface area contributed by atoms with Gasteiger partial charge in [0, 0.05) is 19.8 Å². The number of rotatable bonds is 6. The summed E-state index contributed by atoms with van der Waals surface area (Å²) < 4.78 is 9.67. The van der Waals surface area contributed by atoms with Crippen molar-refractivity contribution in [3.05, 3.63) is 0 Å². The maximum absolute atomic E-state index is 8.83. The van der Waals surface area contributed by atoms with Crippen LogP contribution in [-0.2, 0) is 9.47 Å². The van der Waals surface area contributed by atoms with Gasteiger partial charge < -0.3 is 14.6 Å². The molecular formula is C10H24O3. The minimum Gasteiger partial charge on any atom is -0.382 e. The van der Waals surface area contributed by atoms with Gasteiger partial charge in [-0.15, -0.1) is 0 Å². The van der Waals surface area contributed by atoms with E-state index in [2.05, 4.69) is 0 Å². The molecule has 3 nitrogen and oxygen atoms in total. The van der Waals surface area contributed by atoms with Crippen LogP contribution < -0.4 is 0 Å². The highest BCUT2D eigenvalue weighted by molar-refractivity contribution is 4.36. The third-order valence-electron chi connectivity index (χ3n) is 1.30. The molecule has 0 aliphatic carbocycles. The molecule has 0 rings (SSSR count). The second kappa shape index (κ2) is 14.4. The third kappa shape index (κ3) is 18.7. The molecule has 0 spiro atoms. The standard InChI is InChI=1S/C6H14O2.C4H10O/c1-3-5-6(7)8-4-2;1-3-5-4-2/h6-7H,3-5H2,1-2H3;3-4H2,1-2H3. The minimum absolute atomic E-state index is 0.537. The molecule has 3 heteroatoms. The zero-order valence-corrected chi connectivity index (χ0v) is 9.38. The van der Waals surface area contributed by atoms with Crippen LogP contribution in [0.25, 0.3) is 0 Å². The van der Waals surface area contributed by atoms with Gasteiger partial charge in [0.15, 0.2) is 6.29 Å². The monoisotopic (exact) mass is 192 g/mol. The zero-order chi connectivity index (χ0) is 10.5. The van der Waals surface area contributed by atoms with Crippen LogP contribution in [0.4, 0.5) is 0 Å². The lowest BCUT2D eigenvalue weighted by atomic mass is 10.3. The SMILES string of the molecule is CCCC(O)OCC.CCOCC. The molecule has 0 aromatic rings. The van der Waals surface area contributed by atoms with E-state index in [1.54, 1.807) is 0 Å². The van der Waals surface area contributed by atoms with Gasteiger partial charge in [0.05, 0.1) is 0 Å². The molecule has 1 atom stereocenters. The van der Waals surface area contributed by atoms with Gasteiger partial charge in [0.2, 0.25) is 0 Å². The summed E-state index contributed by atoms with van der Waals surface area (Å²) in [5, 5.41) is 8.83. The van der Waals surface area contributed by atoms with Gasteiger partial charge in [0.1, 0.15) is 0 Å². The molecule has 1 N–H and O–H groups in total. The maximum atomic E-state index is 8.83. The Balaban J connectivity index is 0. The van der Waals surface area contributed by atoms with Crippen LogP contribution in [0.2, 0.25) is 0 Å². The Labute approximate surface area is 82.1 Å². The molecule has 0 saturated carbocycles. The highest BCUT2D eigenvalue weighted by atomic mass is 16.6. The van der Waals surface area contributed by atoms with Crippen molar-refractivity contribution in [2.45, 2.75) is 46.8 Å². The molecular weight excluding hydrogens is 168 g/mol. The van der Waals surface area contributed by atoms with Gasteiger partial charge in [-0.25, -0.2) is 0 Å². The fourth-order valence-corrected chi connectivity index (χ4v) is 0.727. The van der Waals surface area contributed by atoms with Crippen molar-refractivity contribution in [2.24, 2.45) is 0 Å². The van der Waals surface area contributed by atoms with E-state index in [4.69, 9.17) is 14.6 Å². The van der Waals surface area contributed by atoms with E-state index >= 15 is 0 Å². The highest BCUT2D eigenvalue weighted by Crippen LogP contribution is 1.95. The summed E-state index contributed by atoms with van der Waals surface area (Å²) in [5.74, 6) is 0. The quantitative estimate of drug-likeness (QED) is 0.656. The van der Waals surface area contributed by atoms with Gasteiger partial charge >= 0.3 is 0 Å². The summed E-state index contributed by atoms with van der Waals surface area (Å²) in [6.45, 7) is 10.2. The summed E-state index contributed by atoms with van der Waals surface area (Å²) in [6.07, 6.45) is 1.18. The molecule has 0 aromatic heterocycles. The summed E-state index contributed by atoms with van der Waals surface area (Å²) in [5.41, 5.74) is 0. The first kappa shape index (κ1) is 15.4. The van der Waals surface area contributed by atoms with Crippen LogP contribution in [0.1, 0.15) is 40.5 Å². The molecule has 0 heterocycles. The Morgan fingerprint density at radius 3 is 1.77 bits per heavy atom. The molecule has 1 unspecified atom stereocenters. The van der Waals surface area contributed by atoms with Crippen molar-refractivity contribution >= 4 is 0 Å². The molecule has 82 valence electrons. The molecule has 0 aliphatic rings. The Morgan fingerprint density at radius 1 is 1.00 bits per heavy atom. The van der Waals surface area contributed by atoms with Crippen molar-refractivity contribution in [3.8, 4) is 0 Å². The normalized spacial score (nSPS) is 11.8. The third-order valence-corrected chi connectivity index (χ3v) is 1.30. The summed E-state index contributed by atoms with van der Waals surface area (Å²) in [4.78, 5) is 0. The first-order valence-electron chi connectivity index (χ1n) is 5.10. The minimum atomic E-state index is -0.537. The Morgan fingerprint density at radius 2 is 1.54 bits per heavy atom. The van der Waals surface area contributed by atoms with Gasteiger partial charge in [0.25, 0.3) is 0 Å². The van der Waals surface area contributed by atoms with Crippen LogP contribution in [0.15, 0.2) is 0 Å². The topological polar surface area (TPSA) is 38.7 Å². The average molecular weight is 192 g/mol. The zero-order valence-electron chi connectivity index (χ0n) is 9.38. The Bertz CT molecular complexity index is 68.6. The molecule has 0 radical (unpaired) electrons.